The van der Waals surface area contributed by atoms with E-state index in [9.17, 15) is 8.42 Å². The fourth-order valence-electron chi connectivity index (χ4n) is 3.11. The number of aryl methyl sites for hydroxylation is 1. The van der Waals surface area contributed by atoms with Gasteiger partial charge in [0, 0.05) is 43.9 Å². The maximum Gasteiger partial charge on any atom is 0.157 e. The molecule has 2 fully saturated rings. The van der Waals surface area contributed by atoms with Gasteiger partial charge in [0.25, 0.3) is 0 Å². The minimum Gasteiger partial charge on any atom is -0.296 e. The zero-order chi connectivity index (χ0) is 14.5. The number of hydrogen-bond donors (Lipinski definition) is 0. The number of nitrogens with zero attached hydrogens (tertiary/aromatic N) is 3. The molecule has 0 radical (unpaired) electrons. The Bertz CT molecular complexity index is 614. The van der Waals surface area contributed by atoms with Crippen LogP contribution in [0.3, 0.4) is 0 Å². The Balaban J connectivity index is 1.76. The van der Waals surface area contributed by atoms with Crippen LogP contribution in [0.25, 0.3) is 0 Å². The highest BCUT2D eigenvalue weighted by atomic mass is 32.2. The molecule has 3 rings (SSSR count). The van der Waals surface area contributed by atoms with Gasteiger partial charge in [-0.25, -0.2) is 8.42 Å². The van der Waals surface area contributed by atoms with E-state index in [1.807, 2.05) is 31.8 Å². The Morgan fingerprint density at radius 1 is 1.40 bits per heavy atom. The lowest BCUT2D eigenvalue weighted by Crippen LogP contribution is -2.52. The average Bonchev–Trinajstić information content (AvgIpc) is 3.10. The molecule has 112 valence electrons. The molecule has 1 saturated heterocycles. The van der Waals surface area contributed by atoms with Crippen LogP contribution in [-0.4, -0.2) is 46.7 Å². The first-order valence-electron chi connectivity index (χ1n) is 7.25. The van der Waals surface area contributed by atoms with Crippen LogP contribution in [0, 0.1) is 0 Å². The molecule has 20 heavy (non-hydrogen) atoms. The van der Waals surface area contributed by atoms with Gasteiger partial charge in [-0.1, -0.05) is 0 Å². The van der Waals surface area contributed by atoms with Gasteiger partial charge < -0.3 is 0 Å². The Morgan fingerprint density at radius 2 is 2.10 bits per heavy atom. The summed E-state index contributed by atoms with van der Waals surface area (Å²) in [6.07, 6.45) is 4.46. The molecular formula is C14H23N3O2S. The summed E-state index contributed by atoms with van der Waals surface area (Å²) in [5, 5.41) is 4.38. The number of hydrogen-bond acceptors (Lipinski definition) is 4. The highest BCUT2D eigenvalue weighted by Gasteiger charge is 2.40. The maximum absolute atomic E-state index is 12.0. The van der Waals surface area contributed by atoms with E-state index in [2.05, 4.69) is 10.00 Å². The third-order valence-corrected chi connectivity index (χ3v) is 7.08. The second-order valence-corrected chi connectivity index (χ2v) is 9.49. The highest BCUT2D eigenvalue weighted by Crippen LogP contribution is 2.41. The van der Waals surface area contributed by atoms with Crippen LogP contribution < -0.4 is 0 Å². The SMILES string of the molecule is Cn1ncc(CN2CCS(=O)(=O)C(C)(C)C2)c1C1CC1. The van der Waals surface area contributed by atoms with Gasteiger partial charge in [0.2, 0.25) is 0 Å². The van der Waals surface area contributed by atoms with E-state index in [0.29, 0.717) is 19.0 Å². The Labute approximate surface area is 120 Å². The minimum absolute atomic E-state index is 0.263. The maximum atomic E-state index is 12.0. The van der Waals surface area contributed by atoms with Crippen LogP contribution >= 0.6 is 0 Å². The van der Waals surface area contributed by atoms with Crippen molar-refractivity contribution in [2.24, 2.45) is 7.05 Å². The van der Waals surface area contributed by atoms with Crippen LogP contribution in [0.2, 0.25) is 0 Å². The predicted octanol–water partition coefficient (Wildman–Crippen LogP) is 1.31. The molecule has 0 unspecified atom stereocenters. The molecule has 0 atom stereocenters. The first kappa shape index (κ1) is 14.1. The van der Waals surface area contributed by atoms with Gasteiger partial charge in [0.05, 0.1) is 16.7 Å². The van der Waals surface area contributed by atoms with Crippen molar-refractivity contribution < 1.29 is 8.42 Å². The first-order chi connectivity index (χ1) is 9.30. The van der Waals surface area contributed by atoms with Gasteiger partial charge in [-0.3, -0.25) is 9.58 Å². The molecule has 2 heterocycles. The second-order valence-electron chi connectivity index (χ2n) is 6.74. The van der Waals surface area contributed by atoms with Crippen LogP contribution in [0.4, 0.5) is 0 Å². The van der Waals surface area contributed by atoms with E-state index in [1.54, 1.807) is 0 Å². The molecule has 2 aliphatic rings. The summed E-state index contributed by atoms with van der Waals surface area (Å²) in [5.41, 5.74) is 2.61. The summed E-state index contributed by atoms with van der Waals surface area (Å²) in [7, 11) is -0.956. The molecule has 5 nitrogen and oxygen atoms in total. The zero-order valence-electron chi connectivity index (χ0n) is 12.5. The summed E-state index contributed by atoms with van der Waals surface area (Å²) in [4.78, 5) is 2.25. The standard InChI is InChI=1S/C14H23N3O2S/c1-14(2)10-17(6-7-20(14,18)19)9-12-8-15-16(3)13(12)11-4-5-11/h8,11H,4-7,9-10H2,1-3H3. The molecular weight excluding hydrogens is 274 g/mol. The van der Waals surface area contributed by atoms with Crippen LogP contribution in [-0.2, 0) is 23.4 Å². The second kappa shape index (κ2) is 4.56. The number of rotatable bonds is 3. The lowest BCUT2D eigenvalue weighted by molar-refractivity contribution is 0.241. The van der Waals surface area contributed by atoms with Crippen LogP contribution in [0.5, 0.6) is 0 Å². The average molecular weight is 297 g/mol. The largest absolute Gasteiger partial charge is 0.296 e. The molecule has 0 aromatic carbocycles. The van der Waals surface area contributed by atoms with Crippen LogP contribution in [0.15, 0.2) is 6.20 Å². The molecule has 6 heteroatoms. The first-order valence-corrected chi connectivity index (χ1v) is 8.91. The third kappa shape index (κ3) is 2.39. The molecule has 0 amide bonds. The Kier molecular flexibility index (Phi) is 3.21. The summed E-state index contributed by atoms with van der Waals surface area (Å²) in [5.74, 6) is 0.929. The molecule has 1 aliphatic carbocycles. The van der Waals surface area contributed by atoms with E-state index in [1.165, 1.54) is 24.1 Å². The van der Waals surface area contributed by atoms with Crippen molar-refractivity contribution in [3.05, 3.63) is 17.5 Å². The normalized spacial score (nSPS) is 25.8. The van der Waals surface area contributed by atoms with E-state index in [0.717, 1.165) is 6.54 Å². The highest BCUT2D eigenvalue weighted by molar-refractivity contribution is 7.92. The molecule has 1 aromatic rings. The van der Waals surface area contributed by atoms with Gasteiger partial charge in [0.15, 0.2) is 9.84 Å². The van der Waals surface area contributed by atoms with Crippen molar-refractivity contribution >= 4 is 9.84 Å². The van der Waals surface area contributed by atoms with Crippen molar-refractivity contribution in [1.82, 2.24) is 14.7 Å². The third-order valence-electron chi connectivity index (χ3n) is 4.54. The topological polar surface area (TPSA) is 55.2 Å². The summed E-state index contributed by atoms with van der Waals surface area (Å²) >= 11 is 0. The van der Waals surface area contributed by atoms with Gasteiger partial charge in [0.1, 0.15) is 0 Å². The van der Waals surface area contributed by atoms with Crippen molar-refractivity contribution in [2.75, 3.05) is 18.8 Å². The quantitative estimate of drug-likeness (QED) is 0.844. The predicted molar refractivity (Wildman–Crippen MR) is 78.3 cm³/mol. The van der Waals surface area contributed by atoms with Gasteiger partial charge in [-0.15, -0.1) is 0 Å². The van der Waals surface area contributed by atoms with E-state index >= 15 is 0 Å². The smallest absolute Gasteiger partial charge is 0.157 e. The van der Waals surface area contributed by atoms with Crippen molar-refractivity contribution in [1.29, 1.82) is 0 Å². The van der Waals surface area contributed by atoms with Crippen molar-refractivity contribution in [2.45, 2.75) is 43.9 Å². The molecule has 0 bridgehead atoms. The minimum atomic E-state index is -2.96. The number of sulfone groups is 1. The number of aromatic nitrogens is 2. The van der Waals surface area contributed by atoms with Gasteiger partial charge >= 0.3 is 0 Å². The van der Waals surface area contributed by atoms with Gasteiger partial charge in [-0.05, 0) is 26.7 Å². The fraction of sp³-hybridized carbons (Fsp3) is 0.786. The lowest BCUT2D eigenvalue weighted by atomic mass is 10.1. The van der Waals surface area contributed by atoms with Gasteiger partial charge in [-0.2, -0.15) is 5.10 Å². The lowest BCUT2D eigenvalue weighted by Gasteiger charge is -2.37. The summed E-state index contributed by atoms with van der Waals surface area (Å²) in [6.45, 7) is 5.72. The summed E-state index contributed by atoms with van der Waals surface area (Å²) in [6, 6.07) is 0. The van der Waals surface area contributed by atoms with Crippen molar-refractivity contribution in [3.63, 3.8) is 0 Å². The van der Waals surface area contributed by atoms with E-state index < -0.39 is 14.6 Å². The Morgan fingerprint density at radius 3 is 2.70 bits per heavy atom. The van der Waals surface area contributed by atoms with E-state index in [-0.39, 0.29) is 5.75 Å². The monoisotopic (exact) mass is 297 g/mol. The van der Waals surface area contributed by atoms with E-state index in [4.69, 9.17) is 0 Å². The fourth-order valence-corrected chi connectivity index (χ4v) is 4.55. The molecule has 1 saturated carbocycles. The molecule has 0 N–H and O–H groups in total. The summed E-state index contributed by atoms with van der Waals surface area (Å²) < 4.78 is 25.4. The van der Waals surface area contributed by atoms with Crippen molar-refractivity contribution in [3.8, 4) is 0 Å². The zero-order valence-corrected chi connectivity index (χ0v) is 13.3. The molecule has 1 aromatic heterocycles. The Hall–Kier alpha value is -0.880. The van der Waals surface area contributed by atoms with Crippen LogP contribution in [0.1, 0.15) is 43.9 Å². The molecule has 1 aliphatic heterocycles. The molecule has 0 spiro atoms.